The first kappa shape index (κ1) is 13.7. The molecule has 0 spiro atoms. The van der Waals surface area contributed by atoms with Gasteiger partial charge in [-0.1, -0.05) is 0 Å². The van der Waals surface area contributed by atoms with Gasteiger partial charge in [-0.15, -0.1) is 0 Å². The van der Waals surface area contributed by atoms with Gasteiger partial charge in [-0.3, -0.25) is 4.79 Å². The van der Waals surface area contributed by atoms with E-state index in [0.717, 1.165) is 0 Å². The average molecular weight is 244 g/mol. The molecule has 1 atom stereocenters. The molecule has 0 bridgehead atoms. The Kier molecular flexibility index (Phi) is 3.92. The van der Waals surface area contributed by atoms with Crippen LogP contribution in [-0.2, 0) is 19.0 Å². The highest BCUT2D eigenvalue weighted by atomic mass is 16.7. The number of methoxy groups -OCH3 is 3. The summed E-state index contributed by atoms with van der Waals surface area (Å²) in [4.78, 5) is 11.4. The second-order valence-corrected chi connectivity index (χ2v) is 3.55. The van der Waals surface area contributed by atoms with Gasteiger partial charge in [-0.25, -0.2) is 0 Å². The van der Waals surface area contributed by atoms with Crippen LogP contribution in [0.15, 0.2) is 23.2 Å². The van der Waals surface area contributed by atoms with Crippen LogP contribution < -0.4 is 0 Å². The number of allylic oxidation sites excluding steroid dienone is 1. The summed E-state index contributed by atoms with van der Waals surface area (Å²) in [7, 11) is 3.96. The zero-order valence-electron chi connectivity index (χ0n) is 10.2. The average Bonchev–Trinajstić information content (AvgIpc) is 2.28. The van der Waals surface area contributed by atoms with Gasteiger partial charge in [0, 0.05) is 20.3 Å². The van der Waals surface area contributed by atoms with Crippen LogP contribution in [0.4, 0.5) is 0 Å². The number of carbonyl (C=O) groups excluding carboxylic acids is 1. The SMILES string of the molecule is COC1=CC(O)=C(C(C)=O)C(O)C1(OC)OC. The molecule has 17 heavy (non-hydrogen) atoms. The van der Waals surface area contributed by atoms with Crippen molar-refractivity contribution in [3.63, 3.8) is 0 Å². The lowest BCUT2D eigenvalue weighted by Gasteiger charge is -2.38. The number of Topliss-reactive ketones (excluding diaryl/α,β-unsaturated/α-hetero) is 1. The Morgan fingerprint density at radius 3 is 2.24 bits per heavy atom. The summed E-state index contributed by atoms with van der Waals surface area (Å²) >= 11 is 0. The maximum atomic E-state index is 11.4. The van der Waals surface area contributed by atoms with Crippen molar-refractivity contribution in [1.82, 2.24) is 0 Å². The summed E-state index contributed by atoms with van der Waals surface area (Å²) < 4.78 is 15.2. The van der Waals surface area contributed by atoms with Gasteiger partial charge in [0.1, 0.15) is 11.9 Å². The number of ether oxygens (including phenoxy) is 3. The fraction of sp³-hybridized carbons (Fsp3) is 0.545. The molecular weight excluding hydrogens is 228 g/mol. The molecule has 1 rings (SSSR count). The molecular formula is C11H16O6. The molecule has 0 heterocycles. The van der Waals surface area contributed by atoms with E-state index < -0.39 is 17.7 Å². The van der Waals surface area contributed by atoms with Gasteiger partial charge in [-0.2, -0.15) is 0 Å². The third-order valence-electron chi connectivity index (χ3n) is 2.73. The highest BCUT2D eigenvalue weighted by molar-refractivity contribution is 5.95. The Morgan fingerprint density at radius 1 is 1.35 bits per heavy atom. The highest BCUT2D eigenvalue weighted by Gasteiger charge is 2.50. The quantitative estimate of drug-likeness (QED) is 0.691. The lowest BCUT2D eigenvalue weighted by molar-refractivity contribution is -0.244. The van der Waals surface area contributed by atoms with Gasteiger partial charge in [0.15, 0.2) is 11.5 Å². The first-order chi connectivity index (χ1) is 7.94. The van der Waals surface area contributed by atoms with E-state index in [2.05, 4.69) is 0 Å². The molecule has 0 saturated carbocycles. The van der Waals surface area contributed by atoms with Gasteiger partial charge in [0.25, 0.3) is 5.79 Å². The van der Waals surface area contributed by atoms with Crippen molar-refractivity contribution in [1.29, 1.82) is 0 Å². The van der Waals surface area contributed by atoms with E-state index in [0.29, 0.717) is 0 Å². The number of rotatable bonds is 4. The normalized spacial score (nSPS) is 23.4. The summed E-state index contributed by atoms with van der Waals surface area (Å²) in [6.07, 6.45) is -0.272. The Labute approximate surface area is 99.1 Å². The zero-order valence-corrected chi connectivity index (χ0v) is 10.2. The number of hydrogen-bond donors (Lipinski definition) is 2. The topological polar surface area (TPSA) is 85.2 Å². The van der Waals surface area contributed by atoms with Gasteiger partial charge < -0.3 is 24.4 Å². The van der Waals surface area contributed by atoms with Gasteiger partial charge >= 0.3 is 0 Å². The molecule has 1 aliphatic carbocycles. The molecule has 6 nitrogen and oxygen atoms in total. The first-order valence-corrected chi connectivity index (χ1v) is 4.93. The summed E-state index contributed by atoms with van der Waals surface area (Å²) in [5.41, 5.74) is -0.172. The predicted molar refractivity (Wildman–Crippen MR) is 58.2 cm³/mol. The lowest BCUT2D eigenvalue weighted by Crippen LogP contribution is -2.52. The Hall–Kier alpha value is -1.37. The second-order valence-electron chi connectivity index (χ2n) is 3.55. The molecule has 0 saturated heterocycles. The van der Waals surface area contributed by atoms with E-state index in [9.17, 15) is 15.0 Å². The van der Waals surface area contributed by atoms with Crippen LogP contribution in [-0.4, -0.2) is 49.2 Å². The van der Waals surface area contributed by atoms with Crippen molar-refractivity contribution in [3.05, 3.63) is 23.2 Å². The van der Waals surface area contributed by atoms with E-state index in [-0.39, 0.29) is 17.1 Å². The van der Waals surface area contributed by atoms with E-state index in [1.807, 2.05) is 0 Å². The van der Waals surface area contributed by atoms with Crippen molar-refractivity contribution in [3.8, 4) is 0 Å². The van der Waals surface area contributed by atoms with E-state index >= 15 is 0 Å². The number of aliphatic hydroxyl groups is 2. The molecule has 96 valence electrons. The standard InChI is InChI=1S/C11H16O6/c1-6(12)9-7(13)5-8(15-2)11(16-3,17-4)10(9)14/h5,10,13-14H,1-4H3. The van der Waals surface area contributed by atoms with Crippen LogP contribution >= 0.6 is 0 Å². The summed E-state index contributed by atoms with van der Waals surface area (Å²) in [5, 5.41) is 19.8. The van der Waals surface area contributed by atoms with Gasteiger partial charge in [-0.05, 0) is 6.92 Å². The number of hydrogen-bond acceptors (Lipinski definition) is 6. The molecule has 0 aromatic carbocycles. The maximum absolute atomic E-state index is 11.4. The summed E-state index contributed by atoms with van der Waals surface area (Å²) in [5.74, 6) is -2.37. The lowest BCUT2D eigenvalue weighted by atomic mass is 9.90. The Balaban J connectivity index is 3.39. The molecule has 2 N–H and O–H groups in total. The monoisotopic (exact) mass is 244 g/mol. The summed E-state index contributed by atoms with van der Waals surface area (Å²) in [6, 6.07) is 0. The molecule has 0 aromatic rings. The summed E-state index contributed by atoms with van der Waals surface area (Å²) in [6.45, 7) is 1.23. The minimum Gasteiger partial charge on any atom is -0.507 e. The zero-order chi connectivity index (χ0) is 13.2. The number of aliphatic hydroxyl groups excluding tert-OH is 2. The van der Waals surface area contributed by atoms with Crippen LogP contribution in [0.3, 0.4) is 0 Å². The molecule has 6 heteroatoms. The minimum atomic E-state index is -1.62. The van der Waals surface area contributed by atoms with E-state index in [1.54, 1.807) is 0 Å². The van der Waals surface area contributed by atoms with Crippen molar-refractivity contribution >= 4 is 5.78 Å². The molecule has 0 aromatic heterocycles. The molecule has 0 radical (unpaired) electrons. The van der Waals surface area contributed by atoms with Crippen molar-refractivity contribution in [2.24, 2.45) is 0 Å². The van der Waals surface area contributed by atoms with Crippen LogP contribution in [0.1, 0.15) is 6.92 Å². The van der Waals surface area contributed by atoms with E-state index in [1.165, 1.54) is 34.3 Å². The third kappa shape index (κ3) is 1.95. The number of ketones is 1. The van der Waals surface area contributed by atoms with Crippen molar-refractivity contribution < 1.29 is 29.2 Å². The van der Waals surface area contributed by atoms with Crippen LogP contribution in [0.2, 0.25) is 0 Å². The number of carbonyl (C=O) groups is 1. The highest BCUT2D eigenvalue weighted by Crippen LogP contribution is 2.36. The van der Waals surface area contributed by atoms with Crippen molar-refractivity contribution in [2.75, 3.05) is 21.3 Å². The smallest absolute Gasteiger partial charge is 0.258 e. The Morgan fingerprint density at radius 2 is 1.88 bits per heavy atom. The third-order valence-corrected chi connectivity index (χ3v) is 2.73. The predicted octanol–water partition coefficient (Wildman–Crippen LogP) is 0.281. The second kappa shape index (κ2) is 4.87. The van der Waals surface area contributed by atoms with Gasteiger partial charge in [0.2, 0.25) is 0 Å². The van der Waals surface area contributed by atoms with Crippen molar-refractivity contribution in [2.45, 2.75) is 18.8 Å². The fourth-order valence-corrected chi connectivity index (χ4v) is 1.85. The fourth-order valence-electron chi connectivity index (χ4n) is 1.85. The molecule has 1 aliphatic rings. The van der Waals surface area contributed by atoms with Crippen LogP contribution in [0, 0.1) is 0 Å². The van der Waals surface area contributed by atoms with Crippen LogP contribution in [0.5, 0.6) is 0 Å². The van der Waals surface area contributed by atoms with Gasteiger partial charge in [0.05, 0.1) is 12.7 Å². The Bertz CT molecular complexity index is 377. The molecule has 1 unspecified atom stereocenters. The largest absolute Gasteiger partial charge is 0.507 e. The molecule has 0 aliphatic heterocycles. The van der Waals surface area contributed by atoms with Crippen LogP contribution in [0.25, 0.3) is 0 Å². The minimum absolute atomic E-state index is 0.0810. The molecule has 0 amide bonds. The first-order valence-electron chi connectivity index (χ1n) is 4.93. The molecule has 0 fully saturated rings. The maximum Gasteiger partial charge on any atom is 0.258 e. The van der Waals surface area contributed by atoms with E-state index in [4.69, 9.17) is 14.2 Å².